The van der Waals surface area contributed by atoms with Gasteiger partial charge in [0.1, 0.15) is 5.82 Å². The Labute approximate surface area is 198 Å². The largest absolute Gasteiger partial charge is 0.336 e. The van der Waals surface area contributed by atoms with Crippen molar-refractivity contribution in [2.24, 2.45) is 0 Å². The number of aromatic nitrogens is 4. The van der Waals surface area contributed by atoms with Crippen LogP contribution in [0, 0.1) is 0 Å². The molecule has 2 aromatic carbocycles. The summed E-state index contributed by atoms with van der Waals surface area (Å²) in [6, 6.07) is 16.0. The van der Waals surface area contributed by atoms with E-state index < -0.39 is 0 Å². The van der Waals surface area contributed by atoms with Gasteiger partial charge in [0.15, 0.2) is 0 Å². The third-order valence-electron chi connectivity index (χ3n) is 5.05. The number of rotatable bonds is 9. The summed E-state index contributed by atoms with van der Waals surface area (Å²) in [4.78, 5) is 11.1. The Morgan fingerprint density at radius 3 is 2.45 bits per heavy atom. The number of benzene rings is 2. The quantitative estimate of drug-likeness (QED) is 0.312. The maximum absolute atomic E-state index is 6.44. The van der Waals surface area contributed by atoms with Gasteiger partial charge in [0.05, 0.1) is 6.33 Å². The molecule has 8 heteroatoms. The third-order valence-corrected chi connectivity index (χ3v) is 5.63. The summed E-state index contributed by atoms with van der Waals surface area (Å²) < 4.78 is 4.28. The van der Waals surface area contributed by atoms with Crippen molar-refractivity contribution in [1.29, 1.82) is 0 Å². The van der Waals surface area contributed by atoms with E-state index in [1.807, 2.05) is 55.2 Å². The van der Waals surface area contributed by atoms with Crippen molar-refractivity contribution in [2.45, 2.75) is 19.6 Å². The molecule has 0 fully saturated rings. The van der Waals surface area contributed by atoms with E-state index in [9.17, 15) is 0 Å². The SMILES string of the molecule is Cl.Clc1ccc(CN(CCn2ccnc2)CCn2ccnc2-c2ccccc2)c(Cl)c1. The lowest BCUT2D eigenvalue weighted by molar-refractivity contribution is 0.245. The normalized spacial score (nSPS) is 10.9. The molecule has 0 atom stereocenters. The fourth-order valence-electron chi connectivity index (χ4n) is 3.42. The summed E-state index contributed by atoms with van der Waals surface area (Å²) in [6.07, 6.45) is 9.52. The second kappa shape index (κ2) is 11.3. The predicted molar refractivity (Wildman–Crippen MR) is 129 cm³/mol. The second-order valence-corrected chi connectivity index (χ2v) is 7.97. The van der Waals surface area contributed by atoms with Crippen LogP contribution in [0.15, 0.2) is 79.6 Å². The van der Waals surface area contributed by atoms with Gasteiger partial charge in [0.25, 0.3) is 0 Å². The molecule has 0 saturated heterocycles. The van der Waals surface area contributed by atoms with E-state index in [-0.39, 0.29) is 12.4 Å². The van der Waals surface area contributed by atoms with Gasteiger partial charge >= 0.3 is 0 Å². The van der Waals surface area contributed by atoms with Gasteiger partial charge in [-0.25, -0.2) is 9.97 Å². The van der Waals surface area contributed by atoms with Gasteiger partial charge in [-0.3, -0.25) is 4.90 Å². The van der Waals surface area contributed by atoms with Crippen LogP contribution in [-0.4, -0.2) is 37.1 Å². The molecule has 0 amide bonds. The molecule has 0 N–H and O–H groups in total. The molecule has 0 unspecified atom stereocenters. The maximum atomic E-state index is 6.44. The summed E-state index contributed by atoms with van der Waals surface area (Å²) >= 11 is 12.5. The van der Waals surface area contributed by atoms with Crippen LogP contribution < -0.4 is 0 Å². The average Bonchev–Trinajstić information content (AvgIpc) is 3.44. The molecule has 0 aliphatic carbocycles. The van der Waals surface area contributed by atoms with Crippen molar-refractivity contribution < 1.29 is 0 Å². The van der Waals surface area contributed by atoms with E-state index >= 15 is 0 Å². The van der Waals surface area contributed by atoms with Crippen LogP contribution in [0.1, 0.15) is 5.56 Å². The zero-order valence-electron chi connectivity index (χ0n) is 16.9. The third kappa shape index (κ3) is 6.34. The molecule has 162 valence electrons. The van der Waals surface area contributed by atoms with Crippen LogP contribution in [0.2, 0.25) is 10.0 Å². The van der Waals surface area contributed by atoms with Gasteiger partial charge in [-0.1, -0.05) is 59.6 Å². The molecule has 4 rings (SSSR count). The lowest BCUT2D eigenvalue weighted by Gasteiger charge is -2.24. The van der Waals surface area contributed by atoms with Crippen molar-refractivity contribution in [1.82, 2.24) is 24.0 Å². The Morgan fingerprint density at radius 2 is 1.71 bits per heavy atom. The number of nitrogens with zero attached hydrogens (tertiary/aromatic N) is 5. The molecule has 2 heterocycles. The Bertz CT molecular complexity index is 1060. The first kappa shape index (κ1) is 23.4. The molecule has 0 saturated carbocycles. The van der Waals surface area contributed by atoms with Gasteiger partial charge < -0.3 is 9.13 Å². The summed E-state index contributed by atoms with van der Waals surface area (Å²) in [5.74, 6) is 0.981. The topological polar surface area (TPSA) is 38.9 Å². The fourth-order valence-corrected chi connectivity index (χ4v) is 3.89. The Balaban J connectivity index is 0.00000272. The number of hydrogen-bond donors (Lipinski definition) is 0. The monoisotopic (exact) mass is 475 g/mol. The van der Waals surface area contributed by atoms with E-state index in [1.165, 1.54) is 0 Å². The molecule has 0 aliphatic heterocycles. The molecule has 0 radical (unpaired) electrons. The highest BCUT2D eigenvalue weighted by Crippen LogP contribution is 2.23. The molecule has 4 aromatic rings. The molecule has 5 nitrogen and oxygen atoms in total. The fraction of sp³-hybridized carbons (Fsp3) is 0.217. The smallest absolute Gasteiger partial charge is 0.139 e. The summed E-state index contributed by atoms with van der Waals surface area (Å²) in [5.41, 5.74) is 2.19. The lowest BCUT2D eigenvalue weighted by Crippen LogP contribution is -2.30. The molecular weight excluding hydrogens is 453 g/mol. The van der Waals surface area contributed by atoms with E-state index in [0.717, 1.165) is 49.7 Å². The minimum atomic E-state index is 0. The van der Waals surface area contributed by atoms with Crippen molar-refractivity contribution >= 4 is 35.6 Å². The van der Waals surface area contributed by atoms with Crippen LogP contribution in [-0.2, 0) is 19.6 Å². The van der Waals surface area contributed by atoms with Crippen molar-refractivity contribution in [2.75, 3.05) is 13.1 Å². The summed E-state index contributed by atoms with van der Waals surface area (Å²) in [5, 5.41) is 1.35. The van der Waals surface area contributed by atoms with Gasteiger partial charge in [-0.05, 0) is 17.7 Å². The zero-order valence-corrected chi connectivity index (χ0v) is 19.3. The molecule has 0 spiro atoms. The van der Waals surface area contributed by atoms with Crippen LogP contribution in [0.5, 0.6) is 0 Å². The zero-order chi connectivity index (χ0) is 20.8. The van der Waals surface area contributed by atoms with Crippen LogP contribution in [0.4, 0.5) is 0 Å². The Morgan fingerprint density at radius 1 is 0.903 bits per heavy atom. The number of imidazole rings is 2. The van der Waals surface area contributed by atoms with Gasteiger partial charge in [0.2, 0.25) is 0 Å². The molecular formula is C23H24Cl3N5. The van der Waals surface area contributed by atoms with E-state index in [1.54, 1.807) is 12.3 Å². The van der Waals surface area contributed by atoms with Gasteiger partial charge in [0, 0.05) is 73.1 Å². The maximum Gasteiger partial charge on any atom is 0.139 e. The van der Waals surface area contributed by atoms with E-state index in [2.05, 4.69) is 36.1 Å². The van der Waals surface area contributed by atoms with Crippen LogP contribution >= 0.6 is 35.6 Å². The molecule has 31 heavy (non-hydrogen) atoms. The molecule has 0 bridgehead atoms. The van der Waals surface area contributed by atoms with E-state index in [0.29, 0.717) is 10.0 Å². The first-order valence-corrected chi connectivity index (χ1v) is 10.6. The highest BCUT2D eigenvalue weighted by molar-refractivity contribution is 6.35. The number of halogens is 3. The average molecular weight is 477 g/mol. The highest BCUT2D eigenvalue weighted by Gasteiger charge is 2.12. The van der Waals surface area contributed by atoms with Crippen LogP contribution in [0.25, 0.3) is 11.4 Å². The summed E-state index contributed by atoms with van der Waals surface area (Å²) in [6.45, 7) is 4.19. The first-order valence-electron chi connectivity index (χ1n) is 9.87. The lowest BCUT2D eigenvalue weighted by atomic mass is 10.2. The summed E-state index contributed by atoms with van der Waals surface area (Å²) in [7, 11) is 0. The molecule has 0 aliphatic rings. The van der Waals surface area contributed by atoms with Crippen molar-refractivity contribution in [3.05, 3.63) is 95.3 Å². The second-order valence-electron chi connectivity index (χ2n) is 7.12. The standard InChI is InChI=1S/C23H23Cl2N5.ClH/c24-21-7-6-20(22(25)16-21)17-28(12-13-29-10-8-26-18-29)14-15-30-11-9-27-23(30)19-4-2-1-3-5-19;/h1-11,16,18H,12-15,17H2;1H. The number of hydrogen-bond acceptors (Lipinski definition) is 3. The highest BCUT2D eigenvalue weighted by atomic mass is 35.5. The Hall–Kier alpha value is -2.31. The van der Waals surface area contributed by atoms with Gasteiger partial charge in [-0.2, -0.15) is 0 Å². The van der Waals surface area contributed by atoms with Crippen LogP contribution in [0.3, 0.4) is 0 Å². The predicted octanol–water partition coefficient (Wildman–Crippen LogP) is 5.68. The van der Waals surface area contributed by atoms with Crippen molar-refractivity contribution in [3.63, 3.8) is 0 Å². The minimum Gasteiger partial charge on any atom is -0.336 e. The first-order chi connectivity index (χ1) is 14.7. The van der Waals surface area contributed by atoms with E-state index in [4.69, 9.17) is 23.2 Å². The minimum absolute atomic E-state index is 0. The van der Waals surface area contributed by atoms with Crippen molar-refractivity contribution in [3.8, 4) is 11.4 Å². The molecule has 2 aromatic heterocycles. The van der Waals surface area contributed by atoms with Gasteiger partial charge in [-0.15, -0.1) is 12.4 Å². The Kier molecular flexibility index (Phi) is 8.55.